The van der Waals surface area contributed by atoms with E-state index in [2.05, 4.69) is 37.4 Å². The van der Waals surface area contributed by atoms with E-state index >= 15 is 0 Å². The Hall–Kier alpha value is -2.13. The molecule has 4 rings (SSSR count). The van der Waals surface area contributed by atoms with E-state index in [1.165, 1.54) is 6.42 Å². The maximum Gasteiger partial charge on any atom is 0.251 e. The number of carbonyl (C=O) groups is 1. The molecular weight excluding hydrogens is 332 g/mol. The Morgan fingerprint density at radius 1 is 1.04 bits per heavy atom. The highest BCUT2D eigenvalue weighted by atomic mass is 16.1. The van der Waals surface area contributed by atoms with Crippen LogP contribution in [-0.2, 0) is 0 Å². The molecule has 0 aliphatic heterocycles. The van der Waals surface area contributed by atoms with Crippen molar-refractivity contribution >= 4 is 5.91 Å². The van der Waals surface area contributed by atoms with E-state index in [1.807, 2.05) is 36.4 Å². The predicted octanol–water partition coefficient (Wildman–Crippen LogP) is 4.77. The molecule has 2 bridgehead atoms. The molecule has 0 saturated heterocycles. The van der Waals surface area contributed by atoms with Crippen LogP contribution in [-0.4, -0.2) is 17.0 Å². The van der Waals surface area contributed by atoms with Crippen LogP contribution in [0.5, 0.6) is 0 Å². The third kappa shape index (κ3) is 3.93. The van der Waals surface area contributed by atoms with Crippen LogP contribution in [0.25, 0.3) is 11.1 Å². The van der Waals surface area contributed by atoms with E-state index in [0.29, 0.717) is 17.4 Å². The quantitative estimate of drug-likeness (QED) is 0.826. The Balaban J connectivity index is 1.53. The number of carbonyl (C=O) groups excluding carboxylic acids is 1. The molecule has 3 heteroatoms. The average Bonchev–Trinajstić information content (AvgIpc) is 2.60. The monoisotopic (exact) mass is 362 g/mol. The molecule has 1 amide bonds. The van der Waals surface area contributed by atoms with Gasteiger partial charge in [0, 0.05) is 16.6 Å². The van der Waals surface area contributed by atoms with Gasteiger partial charge in [-0.25, -0.2) is 0 Å². The normalized spacial score (nSPS) is 32.7. The second-order valence-corrected chi connectivity index (χ2v) is 9.32. The van der Waals surface area contributed by atoms with Crippen LogP contribution in [0, 0.1) is 11.8 Å². The van der Waals surface area contributed by atoms with Crippen molar-refractivity contribution in [1.82, 2.24) is 5.32 Å². The third-order valence-corrected chi connectivity index (χ3v) is 6.31. The molecule has 2 aromatic carbocycles. The zero-order valence-corrected chi connectivity index (χ0v) is 16.4. The molecule has 3 nitrogen and oxygen atoms in total. The third-order valence-electron chi connectivity index (χ3n) is 6.31. The first-order valence-corrected chi connectivity index (χ1v) is 10.1. The number of benzene rings is 2. The molecule has 0 aromatic heterocycles. The van der Waals surface area contributed by atoms with Crippen molar-refractivity contribution in [3.8, 4) is 11.1 Å². The van der Waals surface area contributed by atoms with E-state index < -0.39 is 0 Å². The van der Waals surface area contributed by atoms with Crippen molar-refractivity contribution in [3.05, 3.63) is 60.2 Å². The van der Waals surface area contributed by atoms with Gasteiger partial charge >= 0.3 is 0 Å². The molecule has 2 aliphatic rings. The van der Waals surface area contributed by atoms with E-state index in [4.69, 9.17) is 5.73 Å². The Labute approximate surface area is 162 Å². The lowest BCUT2D eigenvalue weighted by atomic mass is 9.59. The zero-order chi connectivity index (χ0) is 19.1. The Bertz CT molecular complexity index is 829. The number of rotatable bonds is 3. The second kappa shape index (κ2) is 6.79. The lowest BCUT2D eigenvalue weighted by Gasteiger charge is -2.53. The van der Waals surface area contributed by atoms with Crippen LogP contribution in [0.4, 0.5) is 0 Å². The standard InChI is InChI=1S/C24H30N2O/c1-17-11-18-14-23(2,16-24(25,13-17)15-18)26-22(27)21-10-6-9-20(12-21)19-7-4-3-5-8-19/h3-10,12,17-18H,11,13-16,25H2,1-2H3,(H,26,27). The number of hydrogen-bond acceptors (Lipinski definition) is 2. The highest BCUT2D eigenvalue weighted by molar-refractivity contribution is 5.96. The van der Waals surface area contributed by atoms with Gasteiger partial charge in [0.25, 0.3) is 5.91 Å². The van der Waals surface area contributed by atoms with Crippen molar-refractivity contribution in [2.75, 3.05) is 0 Å². The molecule has 3 N–H and O–H groups in total. The SMILES string of the molecule is CC1CC2CC(N)(C1)CC(C)(NC(=O)c1cccc(-c3ccccc3)c1)C2. The summed E-state index contributed by atoms with van der Waals surface area (Å²) in [7, 11) is 0. The van der Waals surface area contributed by atoms with Crippen LogP contribution in [0.2, 0.25) is 0 Å². The number of fused-ring (bicyclic) bond motifs is 2. The maximum absolute atomic E-state index is 13.0. The Kier molecular flexibility index (Phi) is 4.59. The van der Waals surface area contributed by atoms with Gasteiger partial charge in [-0.3, -0.25) is 4.79 Å². The summed E-state index contributed by atoms with van der Waals surface area (Å²) in [6.07, 6.45) is 5.30. The van der Waals surface area contributed by atoms with Gasteiger partial charge in [-0.2, -0.15) is 0 Å². The zero-order valence-electron chi connectivity index (χ0n) is 16.4. The van der Waals surface area contributed by atoms with Gasteiger partial charge in [0.15, 0.2) is 0 Å². The first kappa shape index (κ1) is 18.2. The highest BCUT2D eigenvalue weighted by Gasteiger charge is 2.48. The minimum atomic E-state index is -0.225. The molecule has 0 spiro atoms. The van der Waals surface area contributed by atoms with Gasteiger partial charge in [-0.15, -0.1) is 0 Å². The summed E-state index contributed by atoms with van der Waals surface area (Å²) in [6.45, 7) is 4.49. The summed E-state index contributed by atoms with van der Waals surface area (Å²) in [6, 6.07) is 18.1. The second-order valence-electron chi connectivity index (χ2n) is 9.32. The molecule has 2 aliphatic carbocycles. The number of nitrogens with two attached hydrogens (primary N) is 1. The molecule has 0 radical (unpaired) electrons. The average molecular weight is 363 g/mol. The van der Waals surface area contributed by atoms with Gasteiger partial charge in [0.1, 0.15) is 0 Å². The summed E-state index contributed by atoms with van der Waals surface area (Å²) in [5.74, 6) is 1.32. The predicted molar refractivity (Wildman–Crippen MR) is 110 cm³/mol. The Morgan fingerprint density at radius 3 is 2.52 bits per heavy atom. The maximum atomic E-state index is 13.0. The fourth-order valence-corrected chi connectivity index (χ4v) is 5.79. The molecule has 142 valence electrons. The van der Waals surface area contributed by atoms with Gasteiger partial charge in [-0.1, -0.05) is 49.4 Å². The van der Waals surface area contributed by atoms with E-state index in [9.17, 15) is 4.79 Å². The summed E-state index contributed by atoms with van der Waals surface area (Å²) >= 11 is 0. The summed E-state index contributed by atoms with van der Waals surface area (Å²) in [5.41, 5.74) is 9.28. The first-order chi connectivity index (χ1) is 12.8. The molecular formula is C24H30N2O. The van der Waals surface area contributed by atoms with Crippen LogP contribution in [0.1, 0.15) is 56.3 Å². The van der Waals surface area contributed by atoms with Crippen LogP contribution in [0.3, 0.4) is 0 Å². The number of amides is 1. The molecule has 27 heavy (non-hydrogen) atoms. The van der Waals surface area contributed by atoms with E-state index in [0.717, 1.165) is 36.8 Å². The molecule has 4 unspecified atom stereocenters. The van der Waals surface area contributed by atoms with Crippen molar-refractivity contribution < 1.29 is 4.79 Å². The minimum absolute atomic E-state index is 0.00639. The van der Waals surface area contributed by atoms with Crippen molar-refractivity contribution in [2.24, 2.45) is 17.6 Å². The van der Waals surface area contributed by atoms with Gasteiger partial charge < -0.3 is 11.1 Å². The molecule has 2 saturated carbocycles. The topological polar surface area (TPSA) is 55.1 Å². The lowest BCUT2D eigenvalue weighted by molar-refractivity contribution is 0.0465. The first-order valence-electron chi connectivity index (χ1n) is 10.1. The number of hydrogen-bond donors (Lipinski definition) is 2. The number of nitrogens with one attached hydrogen (secondary N) is 1. The van der Waals surface area contributed by atoms with Crippen molar-refractivity contribution in [3.63, 3.8) is 0 Å². The minimum Gasteiger partial charge on any atom is -0.347 e. The van der Waals surface area contributed by atoms with Crippen molar-refractivity contribution in [1.29, 1.82) is 0 Å². The molecule has 2 aromatic rings. The van der Waals surface area contributed by atoms with E-state index in [-0.39, 0.29) is 17.0 Å². The van der Waals surface area contributed by atoms with E-state index in [1.54, 1.807) is 0 Å². The summed E-state index contributed by atoms with van der Waals surface area (Å²) < 4.78 is 0. The largest absolute Gasteiger partial charge is 0.347 e. The summed E-state index contributed by atoms with van der Waals surface area (Å²) in [5, 5.41) is 3.34. The fraction of sp³-hybridized carbons (Fsp3) is 0.458. The Morgan fingerprint density at radius 2 is 1.78 bits per heavy atom. The van der Waals surface area contributed by atoms with Crippen LogP contribution >= 0.6 is 0 Å². The van der Waals surface area contributed by atoms with Gasteiger partial charge in [0.2, 0.25) is 0 Å². The summed E-state index contributed by atoms with van der Waals surface area (Å²) in [4.78, 5) is 13.0. The smallest absolute Gasteiger partial charge is 0.251 e. The molecule has 4 atom stereocenters. The fourth-order valence-electron chi connectivity index (χ4n) is 5.79. The van der Waals surface area contributed by atoms with Gasteiger partial charge in [-0.05, 0) is 74.1 Å². The van der Waals surface area contributed by atoms with Crippen LogP contribution < -0.4 is 11.1 Å². The van der Waals surface area contributed by atoms with Crippen molar-refractivity contribution in [2.45, 2.75) is 57.0 Å². The molecule has 2 fully saturated rings. The van der Waals surface area contributed by atoms with Gasteiger partial charge in [0.05, 0.1) is 0 Å². The molecule has 0 heterocycles. The lowest BCUT2D eigenvalue weighted by Crippen LogP contribution is -2.61. The van der Waals surface area contributed by atoms with Crippen LogP contribution in [0.15, 0.2) is 54.6 Å². The highest BCUT2D eigenvalue weighted by Crippen LogP contribution is 2.47.